The minimum Gasteiger partial charge on any atom is -0.341 e. The van der Waals surface area contributed by atoms with E-state index in [0.717, 1.165) is 73.8 Å². The largest absolute Gasteiger partial charge is 0.341 e. The van der Waals surface area contributed by atoms with Crippen LogP contribution in [0, 0.1) is 26.2 Å². The van der Waals surface area contributed by atoms with Crippen molar-refractivity contribution in [2.24, 2.45) is 5.41 Å². The zero-order valence-electron chi connectivity index (χ0n) is 19.5. The van der Waals surface area contributed by atoms with Crippen LogP contribution in [0.1, 0.15) is 48.5 Å². The van der Waals surface area contributed by atoms with Gasteiger partial charge in [-0.2, -0.15) is 4.98 Å². The average molecular weight is 447 g/mol. The summed E-state index contributed by atoms with van der Waals surface area (Å²) in [7, 11) is 0. The molecule has 33 heavy (non-hydrogen) atoms. The molecule has 2 saturated heterocycles. The maximum atomic E-state index is 13.7. The highest BCUT2D eigenvalue weighted by molar-refractivity contribution is 5.84. The first-order valence-electron chi connectivity index (χ1n) is 11.7. The number of amides is 1. The number of hydrogen-bond donors (Lipinski definition) is 0. The summed E-state index contributed by atoms with van der Waals surface area (Å²) in [5.41, 5.74) is 3.60. The zero-order valence-corrected chi connectivity index (χ0v) is 19.5. The highest BCUT2D eigenvalue weighted by atomic mass is 16.5. The highest BCUT2D eigenvalue weighted by Gasteiger charge is 2.46. The normalized spacial score (nSPS) is 18.2. The first kappa shape index (κ1) is 21.6. The van der Waals surface area contributed by atoms with E-state index in [9.17, 15) is 4.79 Å². The lowest BCUT2D eigenvalue weighted by atomic mass is 9.71. The van der Waals surface area contributed by atoms with E-state index in [1.807, 2.05) is 56.0 Å². The van der Waals surface area contributed by atoms with Crippen molar-refractivity contribution in [1.82, 2.24) is 25.0 Å². The van der Waals surface area contributed by atoms with Crippen molar-refractivity contribution < 1.29 is 9.32 Å². The molecule has 8 nitrogen and oxygen atoms in total. The molecule has 0 atom stereocenters. The molecule has 0 saturated carbocycles. The van der Waals surface area contributed by atoms with Crippen LogP contribution in [0.15, 0.2) is 34.9 Å². The van der Waals surface area contributed by atoms with Crippen LogP contribution in [-0.2, 0) is 11.3 Å². The second-order valence-electron chi connectivity index (χ2n) is 9.35. The number of carbonyl (C=O) groups excluding carboxylic acids is 1. The third-order valence-electron chi connectivity index (χ3n) is 6.93. The minimum absolute atomic E-state index is 0.270. The lowest BCUT2D eigenvalue weighted by Gasteiger charge is -2.46. The summed E-state index contributed by atoms with van der Waals surface area (Å²) in [6.45, 7) is 8.76. The van der Waals surface area contributed by atoms with E-state index in [1.54, 1.807) is 0 Å². The SMILES string of the molecule is Cc1cc(C)nc(N2CCC3(CCCN(Cc4ccccc4-c4nc(C)no4)C3=O)CC2)n1. The number of piperidine rings is 2. The molecule has 0 unspecified atom stereocenters. The summed E-state index contributed by atoms with van der Waals surface area (Å²) in [6, 6.07) is 9.97. The second kappa shape index (κ2) is 8.57. The number of hydrogen-bond acceptors (Lipinski definition) is 7. The molecule has 1 aromatic carbocycles. The van der Waals surface area contributed by atoms with Crippen LogP contribution in [0.4, 0.5) is 5.95 Å². The topological polar surface area (TPSA) is 88.3 Å². The Kier molecular flexibility index (Phi) is 5.60. The molecule has 2 aliphatic heterocycles. The van der Waals surface area contributed by atoms with Gasteiger partial charge in [-0.1, -0.05) is 23.4 Å². The van der Waals surface area contributed by atoms with Crippen molar-refractivity contribution in [3.63, 3.8) is 0 Å². The maximum Gasteiger partial charge on any atom is 0.258 e. The third-order valence-corrected chi connectivity index (χ3v) is 6.93. The predicted octanol–water partition coefficient (Wildman–Crippen LogP) is 3.86. The van der Waals surface area contributed by atoms with Crippen molar-refractivity contribution in [3.05, 3.63) is 53.1 Å². The fraction of sp³-hybridized carbons (Fsp3) is 0.480. The Morgan fingerprint density at radius 3 is 2.39 bits per heavy atom. The average Bonchev–Trinajstić information content (AvgIpc) is 3.23. The quantitative estimate of drug-likeness (QED) is 0.601. The van der Waals surface area contributed by atoms with Crippen LogP contribution in [-0.4, -0.2) is 50.5 Å². The van der Waals surface area contributed by atoms with E-state index >= 15 is 0 Å². The monoisotopic (exact) mass is 446 g/mol. The molecular weight excluding hydrogens is 416 g/mol. The first-order valence-corrected chi connectivity index (χ1v) is 11.7. The van der Waals surface area contributed by atoms with Gasteiger partial charge in [0.2, 0.25) is 11.9 Å². The molecule has 2 aliphatic rings. The number of anilines is 1. The van der Waals surface area contributed by atoms with Gasteiger partial charge in [0.05, 0.1) is 5.41 Å². The number of carbonyl (C=O) groups is 1. The van der Waals surface area contributed by atoms with Crippen molar-refractivity contribution in [3.8, 4) is 11.5 Å². The fourth-order valence-electron chi connectivity index (χ4n) is 5.23. The van der Waals surface area contributed by atoms with Gasteiger partial charge in [0.1, 0.15) is 0 Å². The number of aromatic nitrogens is 4. The summed E-state index contributed by atoms with van der Waals surface area (Å²) < 4.78 is 5.41. The van der Waals surface area contributed by atoms with E-state index in [2.05, 4.69) is 25.0 Å². The molecule has 1 amide bonds. The summed E-state index contributed by atoms with van der Waals surface area (Å²) in [5.74, 6) is 2.16. The van der Waals surface area contributed by atoms with Crippen LogP contribution >= 0.6 is 0 Å². The van der Waals surface area contributed by atoms with Crippen LogP contribution in [0.3, 0.4) is 0 Å². The van der Waals surface area contributed by atoms with E-state index in [1.165, 1.54) is 0 Å². The van der Waals surface area contributed by atoms with Gasteiger partial charge in [0, 0.05) is 43.1 Å². The number of nitrogens with zero attached hydrogens (tertiary/aromatic N) is 6. The molecule has 2 fully saturated rings. The fourth-order valence-corrected chi connectivity index (χ4v) is 5.23. The van der Waals surface area contributed by atoms with Crippen LogP contribution in [0.5, 0.6) is 0 Å². The Morgan fingerprint density at radius 2 is 1.70 bits per heavy atom. The van der Waals surface area contributed by atoms with E-state index in [-0.39, 0.29) is 11.3 Å². The summed E-state index contributed by atoms with van der Waals surface area (Å²) in [4.78, 5) is 31.6. The molecule has 3 aromatic rings. The van der Waals surface area contributed by atoms with Crippen molar-refractivity contribution in [2.75, 3.05) is 24.5 Å². The molecule has 1 spiro atoms. The van der Waals surface area contributed by atoms with Gasteiger partial charge in [0.25, 0.3) is 5.89 Å². The van der Waals surface area contributed by atoms with Crippen LogP contribution in [0.2, 0.25) is 0 Å². The number of likely N-dealkylation sites (tertiary alicyclic amines) is 1. The minimum atomic E-state index is -0.288. The van der Waals surface area contributed by atoms with Crippen LogP contribution < -0.4 is 4.90 Å². The van der Waals surface area contributed by atoms with Crippen molar-refractivity contribution in [2.45, 2.75) is 53.0 Å². The molecular formula is C25H30N6O2. The van der Waals surface area contributed by atoms with E-state index in [0.29, 0.717) is 18.3 Å². The van der Waals surface area contributed by atoms with E-state index in [4.69, 9.17) is 4.52 Å². The predicted molar refractivity (Wildman–Crippen MR) is 125 cm³/mol. The second-order valence-corrected chi connectivity index (χ2v) is 9.35. The van der Waals surface area contributed by atoms with Gasteiger partial charge in [-0.15, -0.1) is 0 Å². The lowest BCUT2D eigenvalue weighted by molar-refractivity contribution is -0.148. The van der Waals surface area contributed by atoms with Crippen molar-refractivity contribution >= 4 is 11.9 Å². The number of aryl methyl sites for hydroxylation is 3. The zero-order chi connectivity index (χ0) is 23.0. The number of benzene rings is 1. The number of rotatable bonds is 4. The lowest BCUT2D eigenvalue weighted by Crippen LogP contribution is -2.53. The van der Waals surface area contributed by atoms with Gasteiger partial charge >= 0.3 is 0 Å². The maximum absolute atomic E-state index is 13.7. The summed E-state index contributed by atoms with van der Waals surface area (Å²) in [5, 5.41) is 3.93. The Balaban J connectivity index is 1.32. The molecule has 0 N–H and O–H groups in total. The van der Waals surface area contributed by atoms with Gasteiger partial charge in [-0.05, 0) is 64.2 Å². The van der Waals surface area contributed by atoms with Gasteiger partial charge in [-0.25, -0.2) is 9.97 Å². The molecule has 0 bridgehead atoms. The highest BCUT2D eigenvalue weighted by Crippen LogP contribution is 2.42. The Hall–Kier alpha value is -3.29. The Bertz CT molecular complexity index is 1140. The van der Waals surface area contributed by atoms with E-state index < -0.39 is 0 Å². The standard InChI is InChI=1S/C25H30N6O2/c1-17-15-18(2)27-24(26-17)30-13-10-25(11-14-30)9-6-12-31(23(25)32)16-20-7-4-5-8-21(20)22-28-19(3)29-33-22/h4-5,7-8,15H,6,9-14,16H2,1-3H3. The smallest absolute Gasteiger partial charge is 0.258 e. The molecule has 4 heterocycles. The molecule has 172 valence electrons. The molecule has 5 rings (SSSR count). The van der Waals surface area contributed by atoms with Gasteiger partial charge in [0.15, 0.2) is 5.82 Å². The molecule has 0 aliphatic carbocycles. The van der Waals surface area contributed by atoms with Gasteiger partial charge < -0.3 is 14.3 Å². The molecule has 8 heteroatoms. The summed E-state index contributed by atoms with van der Waals surface area (Å²) >= 11 is 0. The van der Waals surface area contributed by atoms with Crippen molar-refractivity contribution in [1.29, 1.82) is 0 Å². The van der Waals surface area contributed by atoms with Crippen LogP contribution in [0.25, 0.3) is 11.5 Å². The molecule has 0 radical (unpaired) electrons. The first-order chi connectivity index (χ1) is 15.9. The molecule has 2 aromatic heterocycles. The Labute approximate surface area is 194 Å². The summed E-state index contributed by atoms with van der Waals surface area (Å²) in [6.07, 6.45) is 3.65. The van der Waals surface area contributed by atoms with Gasteiger partial charge in [-0.3, -0.25) is 4.79 Å². The third kappa shape index (κ3) is 4.21. The Morgan fingerprint density at radius 1 is 0.970 bits per heavy atom.